The molecule has 0 aromatic carbocycles. The standard InChI is InChI=1S/C4H2F6O5S/c5-2(1(11)12,3(6,7)8)4(9,10)16(13,14)15/h(H,11,12)(H,13,14,15). The third-order valence-corrected chi connectivity index (χ3v) is 2.34. The first-order chi connectivity index (χ1) is 6.69. The summed E-state index contributed by atoms with van der Waals surface area (Å²) in [7, 11) is -6.90. The molecule has 5 nitrogen and oxygen atoms in total. The third-order valence-electron chi connectivity index (χ3n) is 1.41. The van der Waals surface area contributed by atoms with Crippen LogP contribution in [0.1, 0.15) is 0 Å². The summed E-state index contributed by atoms with van der Waals surface area (Å²) in [6.07, 6.45) is -6.74. The van der Waals surface area contributed by atoms with E-state index in [-0.39, 0.29) is 0 Å². The highest BCUT2D eigenvalue weighted by molar-refractivity contribution is 7.87. The van der Waals surface area contributed by atoms with Gasteiger partial charge in [-0.3, -0.25) is 4.55 Å². The Morgan fingerprint density at radius 2 is 1.31 bits per heavy atom. The minimum atomic E-state index is -6.90. The fourth-order valence-electron chi connectivity index (χ4n) is 0.588. The number of rotatable bonds is 3. The first-order valence-corrected chi connectivity index (χ1v) is 4.47. The predicted molar refractivity (Wildman–Crippen MR) is 34.0 cm³/mol. The molecule has 0 rings (SSSR count). The second-order valence-electron chi connectivity index (χ2n) is 2.45. The van der Waals surface area contributed by atoms with Gasteiger partial charge in [-0.2, -0.15) is 30.4 Å². The van der Waals surface area contributed by atoms with Crippen LogP contribution in [0.4, 0.5) is 26.3 Å². The molecule has 12 heteroatoms. The summed E-state index contributed by atoms with van der Waals surface area (Å²) < 4.78 is 100. The number of hydrogen-bond donors (Lipinski definition) is 2. The summed E-state index contributed by atoms with van der Waals surface area (Å²) in [4.78, 5) is 9.81. The summed E-state index contributed by atoms with van der Waals surface area (Å²) in [6, 6.07) is 0. The largest absolute Gasteiger partial charge is 0.478 e. The maximum atomic E-state index is 12.7. The van der Waals surface area contributed by atoms with E-state index >= 15 is 0 Å². The molecular formula is C4H2F6O5S. The van der Waals surface area contributed by atoms with Crippen molar-refractivity contribution in [2.45, 2.75) is 17.1 Å². The van der Waals surface area contributed by atoms with E-state index in [0.29, 0.717) is 0 Å². The molecule has 2 N–H and O–H groups in total. The van der Waals surface area contributed by atoms with E-state index in [9.17, 15) is 39.6 Å². The van der Waals surface area contributed by atoms with Gasteiger partial charge in [-0.1, -0.05) is 0 Å². The lowest BCUT2D eigenvalue weighted by molar-refractivity contribution is -0.276. The van der Waals surface area contributed by atoms with Crippen LogP contribution in [0.25, 0.3) is 0 Å². The molecule has 0 spiro atoms. The monoisotopic (exact) mass is 276 g/mol. The van der Waals surface area contributed by atoms with Crippen molar-refractivity contribution in [2.24, 2.45) is 0 Å². The Kier molecular flexibility index (Phi) is 3.25. The average Bonchev–Trinajstić information content (AvgIpc) is 1.97. The minimum Gasteiger partial charge on any atom is -0.478 e. The summed E-state index contributed by atoms with van der Waals surface area (Å²) in [5.74, 6) is -3.79. The molecule has 0 fully saturated rings. The van der Waals surface area contributed by atoms with E-state index in [1.807, 2.05) is 0 Å². The van der Waals surface area contributed by atoms with Crippen molar-refractivity contribution in [3.05, 3.63) is 0 Å². The zero-order valence-corrected chi connectivity index (χ0v) is 7.61. The lowest BCUT2D eigenvalue weighted by Crippen LogP contribution is -2.63. The maximum absolute atomic E-state index is 12.7. The van der Waals surface area contributed by atoms with Gasteiger partial charge in [0.2, 0.25) is 0 Å². The van der Waals surface area contributed by atoms with Crippen molar-refractivity contribution < 1.29 is 49.2 Å². The lowest BCUT2D eigenvalue weighted by Gasteiger charge is -2.28. The van der Waals surface area contributed by atoms with Crippen LogP contribution < -0.4 is 0 Å². The quantitative estimate of drug-likeness (QED) is 0.588. The van der Waals surface area contributed by atoms with Crippen molar-refractivity contribution in [3.8, 4) is 0 Å². The molecule has 96 valence electrons. The Morgan fingerprint density at radius 3 is 1.38 bits per heavy atom. The van der Waals surface area contributed by atoms with E-state index in [0.717, 1.165) is 0 Å². The molecule has 0 saturated heterocycles. The second-order valence-corrected chi connectivity index (χ2v) is 3.92. The van der Waals surface area contributed by atoms with Gasteiger partial charge in [0.25, 0.3) is 0 Å². The highest BCUT2D eigenvalue weighted by atomic mass is 32.2. The van der Waals surface area contributed by atoms with Crippen LogP contribution in [0, 0.1) is 0 Å². The van der Waals surface area contributed by atoms with Gasteiger partial charge in [-0.05, 0) is 0 Å². The van der Waals surface area contributed by atoms with E-state index in [4.69, 9.17) is 9.66 Å². The topological polar surface area (TPSA) is 91.7 Å². The molecule has 0 radical (unpaired) electrons. The summed E-state index contributed by atoms with van der Waals surface area (Å²) in [6.45, 7) is 0. The molecule has 0 heterocycles. The van der Waals surface area contributed by atoms with E-state index in [1.165, 1.54) is 0 Å². The smallest absolute Gasteiger partial charge is 0.441 e. The Bertz CT molecular complexity index is 398. The van der Waals surface area contributed by atoms with Gasteiger partial charge in [0, 0.05) is 0 Å². The van der Waals surface area contributed by atoms with E-state index in [2.05, 4.69) is 0 Å². The molecule has 0 amide bonds. The first kappa shape index (κ1) is 15.0. The normalized spacial score (nSPS) is 17.9. The van der Waals surface area contributed by atoms with E-state index in [1.54, 1.807) is 0 Å². The number of halogens is 6. The van der Waals surface area contributed by atoms with Crippen molar-refractivity contribution >= 4 is 16.1 Å². The summed E-state index contributed by atoms with van der Waals surface area (Å²) >= 11 is 0. The number of carboxylic acids is 1. The highest BCUT2D eigenvalue weighted by Crippen LogP contribution is 2.47. The number of hydrogen-bond acceptors (Lipinski definition) is 3. The van der Waals surface area contributed by atoms with Crippen molar-refractivity contribution in [2.75, 3.05) is 0 Å². The molecule has 16 heavy (non-hydrogen) atoms. The Morgan fingerprint density at radius 1 is 1.00 bits per heavy atom. The van der Waals surface area contributed by atoms with Crippen LogP contribution in [0.5, 0.6) is 0 Å². The van der Waals surface area contributed by atoms with Gasteiger partial charge in [-0.15, -0.1) is 0 Å². The molecule has 0 aliphatic rings. The molecule has 0 aromatic heterocycles. The fraction of sp³-hybridized carbons (Fsp3) is 0.750. The highest BCUT2D eigenvalue weighted by Gasteiger charge is 2.82. The van der Waals surface area contributed by atoms with Crippen molar-refractivity contribution in [3.63, 3.8) is 0 Å². The number of aliphatic carboxylic acids is 1. The van der Waals surface area contributed by atoms with Crippen LogP contribution in [-0.4, -0.2) is 41.1 Å². The summed E-state index contributed by atoms with van der Waals surface area (Å²) in [5.41, 5.74) is -6.44. The van der Waals surface area contributed by atoms with Gasteiger partial charge >= 0.3 is 33.2 Å². The van der Waals surface area contributed by atoms with E-state index < -0.39 is 33.2 Å². The van der Waals surface area contributed by atoms with Crippen LogP contribution in [0.2, 0.25) is 0 Å². The first-order valence-electron chi connectivity index (χ1n) is 3.03. The molecule has 0 bridgehead atoms. The molecule has 0 aromatic rings. The molecule has 1 atom stereocenters. The number of carboxylic acid groups (broad SMARTS) is 1. The summed E-state index contributed by atoms with van der Waals surface area (Å²) in [5, 5.41) is 1.15. The van der Waals surface area contributed by atoms with Crippen LogP contribution in [0.3, 0.4) is 0 Å². The zero-order valence-electron chi connectivity index (χ0n) is 6.80. The van der Waals surface area contributed by atoms with Crippen LogP contribution in [-0.2, 0) is 14.9 Å². The minimum absolute atomic E-state index is 3.79. The van der Waals surface area contributed by atoms with Crippen LogP contribution in [0.15, 0.2) is 0 Å². The third kappa shape index (κ3) is 1.81. The van der Waals surface area contributed by atoms with Gasteiger partial charge in [0.05, 0.1) is 0 Å². The van der Waals surface area contributed by atoms with Gasteiger partial charge in [-0.25, -0.2) is 9.18 Å². The second kappa shape index (κ2) is 3.48. The zero-order chi connectivity index (χ0) is 13.6. The van der Waals surface area contributed by atoms with Crippen LogP contribution >= 0.6 is 0 Å². The maximum Gasteiger partial charge on any atom is 0.441 e. The Balaban J connectivity index is 6.06. The van der Waals surface area contributed by atoms with Crippen molar-refractivity contribution in [1.29, 1.82) is 0 Å². The molecular weight excluding hydrogens is 274 g/mol. The van der Waals surface area contributed by atoms with Gasteiger partial charge in [0.1, 0.15) is 0 Å². The Hall–Kier alpha value is -1.04. The predicted octanol–water partition coefficient (Wildman–Crippen LogP) is 0.822. The SMILES string of the molecule is O=C(O)C(F)(C(F)(F)F)C(F)(F)S(=O)(=O)O. The average molecular weight is 276 g/mol. The molecule has 0 aliphatic heterocycles. The molecule has 1 unspecified atom stereocenters. The lowest BCUT2D eigenvalue weighted by atomic mass is 10.1. The molecule has 0 aliphatic carbocycles. The molecule has 0 saturated carbocycles. The van der Waals surface area contributed by atoms with Gasteiger partial charge < -0.3 is 5.11 Å². The van der Waals surface area contributed by atoms with Crippen molar-refractivity contribution in [1.82, 2.24) is 0 Å². The number of carbonyl (C=O) groups is 1. The fourth-order valence-corrected chi connectivity index (χ4v) is 1.15. The Labute approximate surface area is 83.4 Å². The number of alkyl halides is 6. The van der Waals surface area contributed by atoms with Gasteiger partial charge in [0.15, 0.2) is 0 Å².